The summed E-state index contributed by atoms with van der Waals surface area (Å²) < 4.78 is 42.1. The van der Waals surface area contributed by atoms with Gasteiger partial charge < -0.3 is 5.32 Å². The predicted molar refractivity (Wildman–Crippen MR) is 117 cm³/mol. The topological polar surface area (TPSA) is 136 Å². The van der Waals surface area contributed by atoms with E-state index in [0.717, 1.165) is 0 Å². The van der Waals surface area contributed by atoms with Gasteiger partial charge in [0.15, 0.2) is 0 Å². The van der Waals surface area contributed by atoms with Crippen LogP contribution in [0.1, 0.15) is 22.5 Å². The van der Waals surface area contributed by atoms with Gasteiger partial charge in [0, 0.05) is 13.1 Å². The van der Waals surface area contributed by atoms with Gasteiger partial charge >= 0.3 is 5.69 Å². The highest BCUT2D eigenvalue weighted by Crippen LogP contribution is 2.21. The van der Waals surface area contributed by atoms with Crippen molar-refractivity contribution < 1.29 is 22.5 Å². The number of benzene rings is 2. The molecule has 2 N–H and O–H groups in total. The number of amides is 1. The third-order valence-corrected chi connectivity index (χ3v) is 6.27. The number of carbonyl (C=O) groups is 1. The number of aryl methyl sites for hydroxylation is 1. The average molecular weight is 476 g/mol. The van der Waals surface area contributed by atoms with Crippen molar-refractivity contribution >= 4 is 21.6 Å². The molecule has 0 atom stereocenters. The van der Waals surface area contributed by atoms with Gasteiger partial charge in [-0.2, -0.15) is 5.10 Å². The second kappa shape index (κ2) is 9.88. The molecule has 0 aliphatic carbocycles. The molecular weight excluding hydrogens is 453 g/mol. The quantitative estimate of drug-likeness (QED) is 0.360. The first-order valence-electron chi connectivity index (χ1n) is 9.85. The van der Waals surface area contributed by atoms with Crippen LogP contribution in [0, 0.1) is 29.8 Å². The van der Waals surface area contributed by atoms with Crippen molar-refractivity contribution in [1.29, 1.82) is 0 Å². The van der Waals surface area contributed by atoms with Gasteiger partial charge in [0.1, 0.15) is 23.7 Å². The number of halogens is 1. The summed E-state index contributed by atoms with van der Waals surface area (Å²) in [6.07, 6.45) is 0. The summed E-state index contributed by atoms with van der Waals surface area (Å²) >= 11 is 0. The maximum absolute atomic E-state index is 13.3. The Morgan fingerprint density at radius 2 is 1.79 bits per heavy atom. The van der Waals surface area contributed by atoms with E-state index >= 15 is 0 Å². The van der Waals surface area contributed by atoms with Crippen LogP contribution >= 0.6 is 0 Å². The number of nitrogens with zero attached hydrogens (tertiary/aromatic N) is 3. The molecule has 0 radical (unpaired) electrons. The van der Waals surface area contributed by atoms with E-state index in [-0.39, 0.29) is 41.6 Å². The van der Waals surface area contributed by atoms with Crippen molar-refractivity contribution in [1.82, 2.24) is 19.8 Å². The van der Waals surface area contributed by atoms with Gasteiger partial charge in [0.05, 0.1) is 9.82 Å². The molecule has 0 unspecified atom stereocenters. The standard InChI is InChI=1S/C21H22FN5O5S/c1-14-21(27(29)30)15(2)26(25-14)13-20(28)23-11-17-6-4-8-19(10-17)33(31,32)24-12-16-5-3-7-18(22)9-16/h3-10,24H,11-13H2,1-2H3,(H,23,28). The molecule has 1 amide bonds. The van der Waals surface area contributed by atoms with Gasteiger partial charge in [0.2, 0.25) is 15.9 Å². The van der Waals surface area contributed by atoms with Crippen molar-refractivity contribution in [2.24, 2.45) is 0 Å². The summed E-state index contributed by atoms with van der Waals surface area (Å²) in [5.41, 5.74) is 1.37. The zero-order valence-electron chi connectivity index (χ0n) is 17.9. The molecule has 174 valence electrons. The maximum atomic E-state index is 13.3. The van der Waals surface area contributed by atoms with E-state index in [1.165, 1.54) is 48.9 Å². The van der Waals surface area contributed by atoms with Crippen LogP contribution in [-0.4, -0.2) is 29.0 Å². The van der Waals surface area contributed by atoms with Crippen LogP contribution in [0.4, 0.5) is 10.1 Å². The zero-order valence-corrected chi connectivity index (χ0v) is 18.7. The maximum Gasteiger partial charge on any atom is 0.312 e. The lowest BCUT2D eigenvalue weighted by molar-refractivity contribution is -0.386. The Bertz CT molecular complexity index is 1310. The van der Waals surface area contributed by atoms with Crippen molar-refractivity contribution in [2.45, 2.75) is 38.4 Å². The van der Waals surface area contributed by atoms with Crippen LogP contribution in [-0.2, 0) is 34.5 Å². The smallest absolute Gasteiger partial charge is 0.312 e. The summed E-state index contributed by atoms with van der Waals surface area (Å²) in [4.78, 5) is 22.8. The molecule has 33 heavy (non-hydrogen) atoms. The van der Waals surface area contributed by atoms with Crippen molar-refractivity contribution in [3.8, 4) is 0 Å². The molecule has 12 heteroatoms. The molecule has 1 heterocycles. The van der Waals surface area contributed by atoms with Gasteiger partial charge in [-0.1, -0.05) is 24.3 Å². The van der Waals surface area contributed by atoms with Gasteiger partial charge in [-0.05, 0) is 49.2 Å². The minimum absolute atomic E-state index is 0.000165. The molecule has 0 fully saturated rings. The van der Waals surface area contributed by atoms with Crippen molar-refractivity contribution in [3.63, 3.8) is 0 Å². The second-order valence-electron chi connectivity index (χ2n) is 7.31. The summed E-state index contributed by atoms with van der Waals surface area (Å²) in [5.74, 6) is -0.896. The monoisotopic (exact) mass is 475 g/mol. The summed E-state index contributed by atoms with van der Waals surface area (Å²) in [6.45, 7) is 2.77. The largest absolute Gasteiger partial charge is 0.350 e. The molecular formula is C21H22FN5O5S. The summed E-state index contributed by atoms with van der Waals surface area (Å²) in [7, 11) is -3.86. The lowest BCUT2D eigenvalue weighted by atomic mass is 10.2. The fraction of sp³-hybridized carbons (Fsp3) is 0.238. The van der Waals surface area contributed by atoms with Gasteiger partial charge in [-0.25, -0.2) is 17.5 Å². The van der Waals surface area contributed by atoms with Gasteiger partial charge in [-0.15, -0.1) is 0 Å². The number of hydrogen-bond donors (Lipinski definition) is 2. The van der Waals surface area contributed by atoms with Crippen LogP contribution in [0.5, 0.6) is 0 Å². The Kier molecular flexibility index (Phi) is 7.19. The summed E-state index contributed by atoms with van der Waals surface area (Å²) in [6, 6.07) is 11.6. The van der Waals surface area contributed by atoms with Crippen LogP contribution in [0.3, 0.4) is 0 Å². The van der Waals surface area contributed by atoms with Crippen LogP contribution in [0.15, 0.2) is 53.4 Å². The fourth-order valence-corrected chi connectivity index (χ4v) is 4.32. The Labute approximate surface area is 189 Å². The lowest BCUT2D eigenvalue weighted by Crippen LogP contribution is -2.28. The normalized spacial score (nSPS) is 11.4. The van der Waals surface area contributed by atoms with Crippen molar-refractivity contribution in [2.75, 3.05) is 0 Å². The van der Waals surface area contributed by atoms with Crippen LogP contribution in [0.2, 0.25) is 0 Å². The number of rotatable bonds is 9. The second-order valence-corrected chi connectivity index (χ2v) is 9.08. The molecule has 1 aromatic heterocycles. The Hall–Kier alpha value is -3.64. The van der Waals surface area contributed by atoms with E-state index in [0.29, 0.717) is 11.1 Å². The SMILES string of the molecule is Cc1nn(CC(=O)NCc2cccc(S(=O)(=O)NCc3cccc(F)c3)c2)c(C)c1[N+](=O)[O-]. The fourth-order valence-electron chi connectivity index (χ4n) is 3.23. The average Bonchev–Trinajstić information content (AvgIpc) is 3.04. The first kappa shape index (κ1) is 24.0. The van der Waals surface area contributed by atoms with E-state index in [9.17, 15) is 27.7 Å². The molecule has 0 aliphatic heterocycles. The number of sulfonamides is 1. The molecule has 0 saturated carbocycles. The number of hydrogen-bond acceptors (Lipinski definition) is 6. The number of nitro groups is 1. The number of aromatic nitrogens is 2. The first-order chi connectivity index (χ1) is 15.6. The Morgan fingerprint density at radius 3 is 2.42 bits per heavy atom. The van der Waals surface area contributed by atoms with Crippen LogP contribution < -0.4 is 10.0 Å². The Morgan fingerprint density at radius 1 is 1.12 bits per heavy atom. The highest BCUT2D eigenvalue weighted by atomic mass is 32.2. The van der Waals surface area contributed by atoms with E-state index in [1.807, 2.05) is 0 Å². The first-order valence-corrected chi connectivity index (χ1v) is 11.3. The number of carbonyl (C=O) groups excluding carboxylic acids is 1. The molecule has 10 nitrogen and oxygen atoms in total. The predicted octanol–water partition coefficient (Wildman–Crippen LogP) is 2.34. The molecule has 2 aromatic carbocycles. The third-order valence-electron chi connectivity index (χ3n) is 4.87. The molecule has 0 aliphatic rings. The van der Waals surface area contributed by atoms with E-state index < -0.39 is 26.7 Å². The highest BCUT2D eigenvalue weighted by molar-refractivity contribution is 7.89. The molecule has 0 spiro atoms. The van der Waals surface area contributed by atoms with Crippen molar-refractivity contribution in [3.05, 3.63) is 87.0 Å². The van der Waals surface area contributed by atoms with E-state index in [1.54, 1.807) is 18.2 Å². The molecule has 0 bridgehead atoms. The van der Waals surface area contributed by atoms with E-state index in [4.69, 9.17) is 0 Å². The Balaban J connectivity index is 1.62. The minimum atomic E-state index is -3.86. The molecule has 0 saturated heterocycles. The molecule has 3 rings (SSSR count). The zero-order chi connectivity index (χ0) is 24.2. The minimum Gasteiger partial charge on any atom is -0.350 e. The van der Waals surface area contributed by atoms with Gasteiger partial charge in [-0.3, -0.25) is 19.6 Å². The van der Waals surface area contributed by atoms with Crippen LogP contribution in [0.25, 0.3) is 0 Å². The van der Waals surface area contributed by atoms with Gasteiger partial charge in [0.25, 0.3) is 0 Å². The molecule has 3 aromatic rings. The van der Waals surface area contributed by atoms with E-state index in [2.05, 4.69) is 15.1 Å². The third kappa shape index (κ3) is 5.99. The summed E-state index contributed by atoms with van der Waals surface area (Å²) in [5, 5.41) is 17.8. The number of nitrogens with one attached hydrogen (secondary N) is 2. The lowest BCUT2D eigenvalue weighted by Gasteiger charge is -2.10. The highest BCUT2D eigenvalue weighted by Gasteiger charge is 2.22.